The van der Waals surface area contributed by atoms with Gasteiger partial charge in [-0.25, -0.2) is 0 Å². The fraction of sp³-hybridized carbons (Fsp3) is 0.240. The predicted molar refractivity (Wildman–Crippen MR) is 134 cm³/mol. The van der Waals surface area contributed by atoms with Crippen molar-refractivity contribution < 1.29 is 26.3 Å². The molecule has 0 saturated carbocycles. The first-order valence-corrected chi connectivity index (χ1v) is 11.9. The SMILES string of the molecule is CC(C)(C)c1cc(I)c([C]c2cc(C(F)(F)F)c(-c3ccccc3)c(C(F)(F)F)c2)c(I)c1. The molecule has 0 spiro atoms. The zero-order valence-corrected chi connectivity index (χ0v) is 22.0. The van der Waals surface area contributed by atoms with Crippen molar-refractivity contribution in [2.45, 2.75) is 38.5 Å². The second-order valence-electron chi connectivity index (χ2n) is 8.50. The number of benzene rings is 3. The van der Waals surface area contributed by atoms with Gasteiger partial charge in [0, 0.05) is 12.7 Å². The van der Waals surface area contributed by atoms with Gasteiger partial charge >= 0.3 is 12.4 Å². The molecular formula is C25H18F6I2. The molecule has 0 fully saturated rings. The minimum Gasteiger partial charge on any atom is -0.166 e. The Hall–Kier alpha value is -1.30. The lowest BCUT2D eigenvalue weighted by Gasteiger charge is -2.22. The van der Waals surface area contributed by atoms with Crippen LogP contribution >= 0.6 is 45.2 Å². The van der Waals surface area contributed by atoms with Crippen molar-refractivity contribution in [2.75, 3.05) is 0 Å². The third-order valence-electron chi connectivity index (χ3n) is 4.99. The average Bonchev–Trinajstić information content (AvgIpc) is 2.68. The van der Waals surface area contributed by atoms with E-state index in [9.17, 15) is 26.3 Å². The first kappa shape index (κ1) is 26.3. The van der Waals surface area contributed by atoms with Crippen molar-refractivity contribution >= 4 is 45.2 Å². The summed E-state index contributed by atoms with van der Waals surface area (Å²) in [6.07, 6.45) is -7.17. The van der Waals surface area contributed by atoms with Crippen LogP contribution in [-0.2, 0) is 17.8 Å². The van der Waals surface area contributed by atoms with Gasteiger partial charge in [-0.2, -0.15) is 26.3 Å². The third kappa shape index (κ3) is 6.04. The van der Waals surface area contributed by atoms with Crippen LogP contribution in [0.3, 0.4) is 0 Å². The Morgan fingerprint density at radius 3 is 1.55 bits per heavy atom. The van der Waals surface area contributed by atoms with Gasteiger partial charge in [-0.15, -0.1) is 0 Å². The Morgan fingerprint density at radius 2 is 1.15 bits per heavy atom. The molecule has 0 saturated heterocycles. The first-order chi connectivity index (χ1) is 15.1. The van der Waals surface area contributed by atoms with Gasteiger partial charge in [0.2, 0.25) is 0 Å². The average molecular weight is 686 g/mol. The Balaban J connectivity index is 2.24. The fourth-order valence-corrected chi connectivity index (χ4v) is 5.38. The lowest BCUT2D eigenvalue weighted by Crippen LogP contribution is -2.16. The third-order valence-corrected chi connectivity index (χ3v) is 6.69. The van der Waals surface area contributed by atoms with Gasteiger partial charge in [0.05, 0.1) is 17.5 Å². The lowest BCUT2D eigenvalue weighted by atomic mass is 9.86. The molecule has 3 aromatic rings. The molecule has 0 aromatic heterocycles. The summed E-state index contributed by atoms with van der Waals surface area (Å²) in [6, 6.07) is 12.0. The summed E-state index contributed by atoms with van der Waals surface area (Å²) in [7, 11) is 0. The van der Waals surface area contributed by atoms with E-state index in [2.05, 4.69) is 6.42 Å². The van der Waals surface area contributed by atoms with E-state index in [0.29, 0.717) is 12.7 Å². The standard InChI is InChI=1S/C25H18F6I2/c1-23(2,3)16-12-20(32)17(21(33)13-16)9-14-10-18(24(26,27)28)22(15-7-5-4-6-8-15)19(11-14)25(29,30)31/h4-8,10-13H,1-3H3. The van der Waals surface area contributed by atoms with Gasteiger partial charge in [0.1, 0.15) is 0 Å². The summed E-state index contributed by atoms with van der Waals surface area (Å²) < 4.78 is 85.2. The Morgan fingerprint density at radius 1 is 0.697 bits per heavy atom. The molecule has 0 aliphatic carbocycles. The molecule has 0 nitrogen and oxygen atoms in total. The van der Waals surface area contributed by atoms with E-state index in [1.807, 2.05) is 78.1 Å². The van der Waals surface area contributed by atoms with Crippen LogP contribution in [0.2, 0.25) is 0 Å². The van der Waals surface area contributed by atoms with E-state index >= 15 is 0 Å². The summed E-state index contributed by atoms with van der Waals surface area (Å²) in [5.41, 5.74) is -2.71. The van der Waals surface area contributed by atoms with Crippen LogP contribution in [0.5, 0.6) is 0 Å². The fourth-order valence-electron chi connectivity index (χ4n) is 3.35. The van der Waals surface area contributed by atoms with Crippen LogP contribution in [0.15, 0.2) is 54.6 Å². The van der Waals surface area contributed by atoms with Gasteiger partial charge in [-0.05, 0) is 97.1 Å². The monoisotopic (exact) mass is 686 g/mol. The summed E-state index contributed by atoms with van der Waals surface area (Å²) in [4.78, 5) is 0. The molecule has 2 radical (unpaired) electrons. The van der Waals surface area contributed by atoms with Crippen molar-refractivity contribution in [3.63, 3.8) is 0 Å². The molecular weight excluding hydrogens is 668 g/mol. The highest BCUT2D eigenvalue weighted by atomic mass is 127. The van der Waals surface area contributed by atoms with Crippen molar-refractivity contribution in [1.82, 2.24) is 0 Å². The number of alkyl halides is 6. The molecule has 0 aliphatic rings. The molecule has 0 bridgehead atoms. The molecule has 33 heavy (non-hydrogen) atoms. The van der Waals surface area contributed by atoms with Gasteiger partial charge in [-0.3, -0.25) is 0 Å². The molecule has 3 aromatic carbocycles. The van der Waals surface area contributed by atoms with Crippen LogP contribution in [0, 0.1) is 13.6 Å². The van der Waals surface area contributed by atoms with Gasteiger partial charge in [0.25, 0.3) is 0 Å². The lowest BCUT2D eigenvalue weighted by molar-refractivity contribution is -0.142. The molecule has 0 aliphatic heterocycles. The molecule has 3 rings (SSSR count). The van der Waals surface area contributed by atoms with Gasteiger partial charge in [-0.1, -0.05) is 51.1 Å². The molecule has 0 amide bonds. The molecule has 0 atom stereocenters. The first-order valence-electron chi connectivity index (χ1n) is 9.73. The van der Waals surface area contributed by atoms with E-state index in [0.717, 1.165) is 17.7 Å². The van der Waals surface area contributed by atoms with Crippen LogP contribution in [0.4, 0.5) is 26.3 Å². The second kappa shape index (κ2) is 9.39. The Kier molecular flexibility index (Phi) is 7.49. The van der Waals surface area contributed by atoms with E-state index in [1.54, 1.807) is 0 Å². The van der Waals surface area contributed by atoms with E-state index in [-0.39, 0.29) is 16.5 Å². The minimum absolute atomic E-state index is 0.151. The van der Waals surface area contributed by atoms with Crippen LogP contribution in [0.25, 0.3) is 11.1 Å². The predicted octanol–water partition coefficient (Wildman–Crippen LogP) is 9.38. The van der Waals surface area contributed by atoms with Gasteiger partial charge in [0.15, 0.2) is 0 Å². The van der Waals surface area contributed by atoms with E-state index in [4.69, 9.17) is 0 Å². The number of rotatable bonds is 3. The number of halogens is 8. The highest BCUT2D eigenvalue weighted by Gasteiger charge is 2.41. The Bertz CT molecular complexity index is 1100. The molecule has 8 heteroatoms. The largest absolute Gasteiger partial charge is 0.417 e. The maximum absolute atomic E-state index is 14.0. The van der Waals surface area contributed by atoms with Crippen LogP contribution < -0.4 is 0 Å². The van der Waals surface area contributed by atoms with Crippen molar-refractivity contribution in [1.29, 1.82) is 0 Å². The second-order valence-corrected chi connectivity index (χ2v) is 10.8. The summed E-state index contributed by atoms with van der Waals surface area (Å²) in [6.45, 7) is 6.07. The normalized spacial score (nSPS) is 12.8. The molecule has 0 unspecified atom stereocenters. The summed E-state index contributed by atoms with van der Waals surface area (Å²) in [5, 5.41) is 0. The zero-order valence-electron chi connectivity index (χ0n) is 17.7. The highest BCUT2D eigenvalue weighted by molar-refractivity contribution is 14.1. The van der Waals surface area contributed by atoms with Crippen molar-refractivity contribution in [2.24, 2.45) is 0 Å². The summed E-state index contributed by atoms with van der Waals surface area (Å²) in [5.74, 6) is 0. The molecule has 0 heterocycles. The topological polar surface area (TPSA) is 0 Å². The number of hydrogen-bond donors (Lipinski definition) is 0. The highest BCUT2D eigenvalue weighted by Crippen LogP contribution is 2.46. The minimum atomic E-state index is -4.99. The van der Waals surface area contributed by atoms with Crippen LogP contribution in [0.1, 0.15) is 48.6 Å². The summed E-state index contributed by atoms with van der Waals surface area (Å²) >= 11 is 4.06. The Labute approximate surface area is 216 Å². The van der Waals surface area contributed by atoms with Crippen molar-refractivity contribution in [3.05, 3.63) is 96.0 Å². The maximum atomic E-state index is 14.0. The number of hydrogen-bond acceptors (Lipinski definition) is 0. The quantitative estimate of drug-likeness (QED) is 0.190. The van der Waals surface area contributed by atoms with Crippen molar-refractivity contribution in [3.8, 4) is 11.1 Å². The molecule has 0 N–H and O–H groups in total. The zero-order chi connectivity index (χ0) is 24.8. The van der Waals surface area contributed by atoms with E-state index in [1.165, 1.54) is 30.3 Å². The van der Waals surface area contributed by atoms with Crippen LogP contribution in [-0.4, -0.2) is 0 Å². The maximum Gasteiger partial charge on any atom is 0.417 e. The van der Waals surface area contributed by atoms with Gasteiger partial charge < -0.3 is 0 Å². The molecule has 174 valence electrons. The smallest absolute Gasteiger partial charge is 0.166 e. The van der Waals surface area contributed by atoms with E-state index < -0.39 is 29.0 Å².